The van der Waals surface area contributed by atoms with Crippen LogP contribution in [0.4, 0.5) is 0 Å². The zero-order chi connectivity index (χ0) is 7.33. The molecule has 0 aromatic rings. The third kappa shape index (κ3) is 7.61. The molecule has 4 nitrogen and oxygen atoms in total. The van der Waals surface area contributed by atoms with E-state index in [0.29, 0.717) is 13.0 Å². The third-order valence-corrected chi connectivity index (χ3v) is 1.14. The van der Waals surface area contributed by atoms with Gasteiger partial charge in [0.05, 0.1) is 5.41 Å². The Morgan fingerprint density at radius 3 is 2.44 bits per heavy atom. The normalized spacial score (nSPS) is 12.7. The highest BCUT2D eigenvalue weighted by molar-refractivity contribution is 7.88. The van der Waals surface area contributed by atoms with Crippen LogP contribution in [0.5, 0.6) is 0 Å². The summed E-state index contributed by atoms with van der Waals surface area (Å²) < 4.78 is 28.0. The number of hydrogen-bond acceptors (Lipinski definition) is 3. The average Bonchev–Trinajstić information content (AvgIpc) is 1.63. The number of nitrogens with two attached hydrogens (primary N) is 1. The van der Waals surface area contributed by atoms with Gasteiger partial charge in [-0.2, -0.15) is 8.42 Å². The van der Waals surface area contributed by atoms with E-state index in [2.05, 4.69) is 0 Å². The number of hydrogen-bond donors (Lipinski definition) is 2. The van der Waals surface area contributed by atoms with Crippen LogP contribution in [0, 0.1) is 0 Å². The van der Waals surface area contributed by atoms with E-state index >= 15 is 0 Å². The Hall–Kier alpha value is -0.390. The highest BCUT2D eigenvalue weighted by Gasteiger charge is 1.92. The van der Waals surface area contributed by atoms with E-state index in [1.54, 1.807) is 0 Å². The molecular weight excluding hydrogens is 142 g/mol. The summed E-state index contributed by atoms with van der Waals surface area (Å²) in [5.41, 5.74) is 5.03. The van der Waals surface area contributed by atoms with Crippen molar-refractivity contribution in [3.8, 4) is 0 Å². The largest absolute Gasteiger partial charge is 0.330 e. The van der Waals surface area contributed by atoms with E-state index in [9.17, 15) is 8.42 Å². The van der Waals surface area contributed by atoms with E-state index in [-0.39, 0.29) is 0 Å². The Balaban J connectivity index is 3.73. The van der Waals surface area contributed by atoms with Crippen molar-refractivity contribution in [1.82, 2.24) is 0 Å². The van der Waals surface area contributed by atoms with Crippen LogP contribution >= 0.6 is 0 Å². The van der Waals surface area contributed by atoms with E-state index in [1.807, 2.05) is 0 Å². The summed E-state index contributed by atoms with van der Waals surface area (Å²) >= 11 is 0. The molecule has 0 heterocycles. The lowest BCUT2D eigenvalue weighted by molar-refractivity contribution is 0.494. The maximum absolute atomic E-state index is 9.93. The second-order valence-corrected chi connectivity index (χ2v) is 2.77. The Morgan fingerprint density at radius 2 is 2.11 bits per heavy atom. The molecule has 0 fully saturated rings. The molecule has 0 unspecified atom stereocenters. The van der Waals surface area contributed by atoms with Gasteiger partial charge in [0, 0.05) is 0 Å². The van der Waals surface area contributed by atoms with Gasteiger partial charge in [-0.3, -0.25) is 4.55 Å². The summed E-state index contributed by atoms with van der Waals surface area (Å²) in [6.45, 7) is 0.381. The zero-order valence-electron chi connectivity index (χ0n) is 4.82. The molecule has 0 saturated carbocycles. The molecule has 0 aliphatic rings. The lowest BCUT2D eigenvalue weighted by atomic mass is 10.4. The fourth-order valence-electron chi connectivity index (χ4n) is 0.286. The maximum Gasteiger partial charge on any atom is 0.287 e. The van der Waals surface area contributed by atoms with Crippen molar-refractivity contribution < 1.29 is 13.0 Å². The minimum atomic E-state index is -3.93. The lowest BCUT2D eigenvalue weighted by Crippen LogP contribution is -1.96. The van der Waals surface area contributed by atoms with Gasteiger partial charge in [-0.05, 0) is 13.0 Å². The van der Waals surface area contributed by atoms with Gasteiger partial charge in [-0.1, -0.05) is 6.08 Å². The first-order valence-electron chi connectivity index (χ1n) is 2.40. The molecule has 0 aromatic carbocycles. The van der Waals surface area contributed by atoms with E-state index in [0.717, 1.165) is 5.41 Å². The highest BCUT2D eigenvalue weighted by Crippen LogP contribution is 1.86. The molecule has 0 saturated heterocycles. The van der Waals surface area contributed by atoms with Gasteiger partial charge in [0.15, 0.2) is 0 Å². The van der Waals surface area contributed by atoms with Crippen LogP contribution in [0.3, 0.4) is 0 Å². The molecule has 0 radical (unpaired) electrons. The molecule has 5 heteroatoms. The van der Waals surface area contributed by atoms with Gasteiger partial charge in [-0.25, -0.2) is 0 Å². The standard InChI is InChI=1S/C4H9NO3S/c5-3-1-2-4-9(6,7)8/h2,4H,1,3,5H2,(H,6,7,8). The summed E-state index contributed by atoms with van der Waals surface area (Å²) in [7, 11) is -3.93. The molecule has 0 aliphatic heterocycles. The van der Waals surface area contributed by atoms with Gasteiger partial charge in [0.2, 0.25) is 0 Å². The van der Waals surface area contributed by atoms with Crippen LogP contribution in [-0.4, -0.2) is 19.5 Å². The van der Waals surface area contributed by atoms with Gasteiger partial charge >= 0.3 is 0 Å². The summed E-state index contributed by atoms with van der Waals surface area (Å²) in [4.78, 5) is 0. The Morgan fingerprint density at radius 1 is 1.56 bits per heavy atom. The molecule has 0 bridgehead atoms. The van der Waals surface area contributed by atoms with Gasteiger partial charge < -0.3 is 5.73 Å². The van der Waals surface area contributed by atoms with E-state index in [1.165, 1.54) is 6.08 Å². The van der Waals surface area contributed by atoms with Crippen molar-refractivity contribution in [2.45, 2.75) is 6.42 Å². The molecule has 9 heavy (non-hydrogen) atoms. The highest BCUT2D eigenvalue weighted by atomic mass is 32.2. The van der Waals surface area contributed by atoms with Crippen molar-refractivity contribution in [3.63, 3.8) is 0 Å². The second-order valence-electron chi connectivity index (χ2n) is 1.46. The summed E-state index contributed by atoms with van der Waals surface area (Å²) in [5, 5.41) is 0.722. The summed E-state index contributed by atoms with van der Waals surface area (Å²) in [6, 6.07) is 0. The fourth-order valence-corrected chi connectivity index (χ4v) is 0.665. The van der Waals surface area contributed by atoms with E-state index < -0.39 is 10.1 Å². The van der Waals surface area contributed by atoms with Crippen LogP contribution < -0.4 is 5.73 Å². The van der Waals surface area contributed by atoms with Crippen LogP contribution in [0.1, 0.15) is 6.42 Å². The fraction of sp³-hybridized carbons (Fsp3) is 0.500. The predicted molar refractivity (Wildman–Crippen MR) is 34.4 cm³/mol. The summed E-state index contributed by atoms with van der Waals surface area (Å²) in [6.07, 6.45) is 1.76. The SMILES string of the molecule is NCCC=CS(=O)(=O)O. The molecule has 0 rings (SSSR count). The molecule has 0 aliphatic carbocycles. The Labute approximate surface area is 54.1 Å². The van der Waals surface area contributed by atoms with E-state index in [4.69, 9.17) is 10.3 Å². The lowest BCUT2D eigenvalue weighted by Gasteiger charge is -1.83. The molecule has 0 amide bonds. The van der Waals surface area contributed by atoms with Gasteiger partial charge in [0.1, 0.15) is 0 Å². The number of rotatable bonds is 3. The minimum Gasteiger partial charge on any atom is -0.330 e. The van der Waals surface area contributed by atoms with Gasteiger partial charge in [-0.15, -0.1) is 0 Å². The summed E-state index contributed by atoms with van der Waals surface area (Å²) in [5.74, 6) is 0. The second kappa shape index (κ2) is 3.60. The van der Waals surface area contributed by atoms with Crippen molar-refractivity contribution in [2.75, 3.05) is 6.54 Å². The average molecular weight is 151 g/mol. The minimum absolute atomic E-state index is 0.381. The van der Waals surface area contributed by atoms with Crippen molar-refractivity contribution >= 4 is 10.1 Å². The quantitative estimate of drug-likeness (QED) is 0.544. The van der Waals surface area contributed by atoms with Gasteiger partial charge in [0.25, 0.3) is 10.1 Å². The first-order valence-corrected chi connectivity index (χ1v) is 3.90. The van der Waals surface area contributed by atoms with Crippen LogP contribution in [0.25, 0.3) is 0 Å². The molecule has 3 N–H and O–H groups in total. The Bertz CT molecular complexity index is 182. The predicted octanol–water partition coefficient (Wildman–Crippen LogP) is -0.263. The van der Waals surface area contributed by atoms with Crippen LogP contribution in [-0.2, 0) is 10.1 Å². The van der Waals surface area contributed by atoms with Crippen molar-refractivity contribution in [3.05, 3.63) is 11.5 Å². The van der Waals surface area contributed by atoms with Crippen molar-refractivity contribution in [1.29, 1.82) is 0 Å². The van der Waals surface area contributed by atoms with Crippen molar-refractivity contribution in [2.24, 2.45) is 5.73 Å². The molecule has 0 aromatic heterocycles. The topological polar surface area (TPSA) is 80.4 Å². The maximum atomic E-state index is 9.93. The Kier molecular flexibility index (Phi) is 3.44. The molecule has 0 atom stereocenters. The van der Waals surface area contributed by atoms with Crippen LogP contribution in [0.2, 0.25) is 0 Å². The molecular formula is C4H9NO3S. The van der Waals surface area contributed by atoms with Crippen LogP contribution in [0.15, 0.2) is 11.5 Å². The molecule has 0 spiro atoms. The first-order chi connectivity index (χ1) is 4.06. The first kappa shape index (κ1) is 8.61. The zero-order valence-corrected chi connectivity index (χ0v) is 5.63. The monoisotopic (exact) mass is 151 g/mol. The third-order valence-electron chi connectivity index (χ3n) is 0.602. The molecule has 54 valence electrons. The smallest absolute Gasteiger partial charge is 0.287 e.